The van der Waals surface area contributed by atoms with Crippen LogP contribution >= 0.6 is 0 Å². The van der Waals surface area contributed by atoms with E-state index >= 15 is 0 Å². The predicted octanol–water partition coefficient (Wildman–Crippen LogP) is 2.98. The molecule has 0 aromatic heterocycles. The molecule has 1 heterocycles. The fourth-order valence-corrected chi connectivity index (χ4v) is 3.42. The Hall–Kier alpha value is -3.19. The number of hydrogen-bond acceptors (Lipinski definition) is 4. The van der Waals surface area contributed by atoms with Gasteiger partial charge in [-0.1, -0.05) is 35.4 Å². The first-order chi connectivity index (χ1) is 13.8. The molecule has 7 heteroatoms. The van der Waals surface area contributed by atoms with E-state index in [9.17, 15) is 19.5 Å². The molecule has 2 atom stereocenters. The molecule has 0 spiro atoms. The summed E-state index contributed by atoms with van der Waals surface area (Å²) in [7, 11) is 0. The molecular weight excluding hydrogens is 372 g/mol. The number of carbonyl (C=O) groups is 3. The molecule has 29 heavy (non-hydrogen) atoms. The average molecular weight is 396 g/mol. The number of rotatable bonds is 6. The van der Waals surface area contributed by atoms with Crippen LogP contribution in [0.5, 0.6) is 0 Å². The lowest BCUT2D eigenvalue weighted by Gasteiger charge is -2.17. The molecule has 1 aliphatic heterocycles. The SMILES string of the molecule is Cc1cc(C)cc(C(NC(=O)c2cccc(NC(=O)C3CCCO3)c2)C(=O)O)c1. The molecule has 3 rings (SSSR count). The first-order valence-electron chi connectivity index (χ1n) is 9.48. The van der Waals surface area contributed by atoms with Gasteiger partial charge in [0.1, 0.15) is 6.10 Å². The molecule has 0 saturated carbocycles. The van der Waals surface area contributed by atoms with Crippen LogP contribution in [0.25, 0.3) is 0 Å². The van der Waals surface area contributed by atoms with Crippen molar-refractivity contribution in [2.45, 2.75) is 38.8 Å². The van der Waals surface area contributed by atoms with E-state index in [0.29, 0.717) is 24.3 Å². The number of nitrogens with one attached hydrogen (secondary N) is 2. The number of anilines is 1. The molecule has 1 fully saturated rings. The monoisotopic (exact) mass is 396 g/mol. The highest BCUT2D eigenvalue weighted by Gasteiger charge is 2.25. The number of amides is 2. The van der Waals surface area contributed by atoms with E-state index in [1.54, 1.807) is 30.3 Å². The quantitative estimate of drug-likeness (QED) is 0.696. The largest absolute Gasteiger partial charge is 0.479 e. The molecule has 2 aromatic carbocycles. The Balaban J connectivity index is 1.74. The first kappa shape index (κ1) is 20.5. The molecule has 2 amide bonds. The van der Waals surface area contributed by atoms with Crippen LogP contribution in [0.15, 0.2) is 42.5 Å². The summed E-state index contributed by atoms with van der Waals surface area (Å²) in [5.74, 6) is -1.94. The van der Waals surface area contributed by atoms with Crippen LogP contribution in [0.2, 0.25) is 0 Å². The number of carbonyl (C=O) groups excluding carboxylic acids is 2. The van der Waals surface area contributed by atoms with Gasteiger partial charge in [-0.2, -0.15) is 0 Å². The lowest BCUT2D eigenvalue weighted by molar-refractivity contribution is -0.139. The number of ether oxygens (including phenoxy) is 1. The Bertz CT molecular complexity index is 914. The minimum absolute atomic E-state index is 0.251. The van der Waals surface area contributed by atoms with Crippen molar-refractivity contribution in [1.29, 1.82) is 0 Å². The molecule has 3 N–H and O–H groups in total. The lowest BCUT2D eigenvalue weighted by Crippen LogP contribution is -2.34. The van der Waals surface area contributed by atoms with Gasteiger partial charge >= 0.3 is 5.97 Å². The van der Waals surface area contributed by atoms with E-state index in [4.69, 9.17) is 4.74 Å². The van der Waals surface area contributed by atoms with Crippen molar-refractivity contribution in [3.63, 3.8) is 0 Å². The van der Waals surface area contributed by atoms with Crippen LogP contribution in [-0.2, 0) is 14.3 Å². The van der Waals surface area contributed by atoms with Gasteiger partial charge in [0.25, 0.3) is 11.8 Å². The fraction of sp³-hybridized carbons (Fsp3) is 0.318. The van der Waals surface area contributed by atoms with Gasteiger partial charge in [0.05, 0.1) is 0 Å². The van der Waals surface area contributed by atoms with Crippen molar-refractivity contribution in [2.75, 3.05) is 11.9 Å². The van der Waals surface area contributed by atoms with Crippen molar-refractivity contribution >= 4 is 23.5 Å². The third-order valence-corrected chi connectivity index (χ3v) is 4.71. The summed E-state index contributed by atoms with van der Waals surface area (Å²) in [5, 5.41) is 14.9. The standard InChI is InChI=1S/C22H24N2O5/c1-13-9-14(2)11-16(10-13)19(22(27)28)24-20(25)15-5-3-6-17(12-15)23-21(26)18-7-4-8-29-18/h3,5-6,9-12,18-19H,4,7-8H2,1-2H3,(H,23,26)(H,24,25)(H,27,28). The van der Waals surface area contributed by atoms with Gasteiger partial charge in [0, 0.05) is 17.9 Å². The van der Waals surface area contributed by atoms with Crippen molar-refractivity contribution < 1.29 is 24.2 Å². The minimum atomic E-state index is -1.17. The summed E-state index contributed by atoms with van der Waals surface area (Å²) in [6, 6.07) is 10.6. The minimum Gasteiger partial charge on any atom is -0.479 e. The number of hydrogen-bond donors (Lipinski definition) is 3. The van der Waals surface area contributed by atoms with Gasteiger partial charge in [0.2, 0.25) is 0 Å². The molecule has 0 bridgehead atoms. The van der Waals surface area contributed by atoms with Crippen LogP contribution < -0.4 is 10.6 Å². The smallest absolute Gasteiger partial charge is 0.330 e. The fourth-order valence-electron chi connectivity index (χ4n) is 3.42. The van der Waals surface area contributed by atoms with Crippen molar-refractivity contribution in [3.8, 4) is 0 Å². The van der Waals surface area contributed by atoms with E-state index in [2.05, 4.69) is 10.6 Å². The Kier molecular flexibility index (Phi) is 6.29. The second-order valence-corrected chi connectivity index (χ2v) is 7.24. The van der Waals surface area contributed by atoms with Crippen molar-refractivity contribution in [2.24, 2.45) is 0 Å². The highest BCUT2D eigenvalue weighted by molar-refractivity contribution is 5.99. The summed E-state index contributed by atoms with van der Waals surface area (Å²) in [6.07, 6.45) is 1.03. The van der Waals surface area contributed by atoms with Gasteiger partial charge in [0.15, 0.2) is 6.04 Å². The molecule has 152 valence electrons. The van der Waals surface area contributed by atoms with Gasteiger partial charge < -0.3 is 20.5 Å². The Morgan fingerprint density at radius 3 is 2.45 bits per heavy atom. The summed E-state index contributed by atoms with van der Waals surface area (Å²) < 4.78 is 5.36. The zero-order valence-corrected chi connectivity index (χ0v) is 16.4. The molecule has 1 saturated heterocycles. The zero-order chi connectivity index (χ0) is 21.0. The third-order valence-electron chi connectivity index (χ3n) is 4.71. The predicted molar refractivity (Wildman–Crippen MR) is 108 cm³/mol. The van der Waals surface area contributed by atoms with E-state index in [-0.39, 0.29) is 11.5 Å². The molecule has 0 radical (unpaired) electrons. The molecule has 1 aliphatic rings. The average Bonchev–Trinajstić information content (AvgIpc) is 3.20. The number of carboxylic acid groups (broad SMARTS) is 1. The maximum absolute atomic E-state index is 12.7. The maximum atomic E-state index is 12.7. The topological polar surface area (TPSA) is 105 Å². The highest BCUT2D eigenvalue weighted by Crippen LogP contribution is 2.20. The number of aliphatic carboxylic acids is 1. The lowest BCUT2D eigenvalue weighted by atomic mass is 10.0. The van der Waals surface area contributed by atoms with Crippen LogP contribution in [0.4, 0.5) is 5.69 Å². The Labute approximate surface area is 169 Å². The molecule has 2 aromatic rings. The number of carboxylic acids is 1. The van der Waals surface area contributed by atoms with E-state index in [1.165, 1.54) is 6.07 Å². The van der Waals surface area contributed by atoms with Crippen LogP contribution in [0.1, 0.15) is 45.9 Å². The molecule has 2 unspecified atom stereocenters. The highest BCUT2D eigenvalue weighted by atomic mass is 16.5. The van der Waals surface area contributed by atoms with Crippen LogP contribution in [0, 0.1) is 13.8 Å². The third kappa shape index (κ3) is 5.20. The molecule has 7 nitrogen and oxygen atoms in total. The summed E-state index contributed by atoms with van der Waals surface area (Å²) in [5.41, 5.74) is 3.05. The van der Waals surface area contributed by atoms with Crippen molar-refractivity contribution in [3.05, 3.63) is 64.7 Å². The Morgan fingerprint density at radius 2 is 1.83 bits per heavy atom. The summed E-state index contributed by atoms with van der Waals surface area (Å²) >= 11 is 0. The molecular formula is C22H24N2O5. The van der Waals surface area contributed by atoms with Gasteiger partial charge in [-0.25, -0.2) is 4.79 Å². The second kappa shape index (κ2) is 8.87. The van der Waals surface area contributed by atoms with Crippen LogP contribution in [0.3, 0.4) is 0 Å². The van der Waals surface area contributed by atoms with Gasteiger partial charge in [-0.15, -0.1) is 0 Å². The number of benzene rings is 2. The van der Waals surface area contributed by atoms with E-state index in [0.717, 1.165) is 17.5 Å². The zero-order valence-electron chi connectivity index (χ0n) is 16.4. The van der Waals surface area contributed by atoms with Crippen LogP contribution in [-0.4, -0.2) is 35.6 Å². The van der Waals surface area contributed by atoms with E-state index in [1.807, 2.05) is 19.9 Å². The summed E-state index contributed by atoms with van der Waals surface area (Å²) in [6.45, 7) is 4.31. The van der Waals surface area contributed by atoms with E-state index < -0.39 is 24.0 Å². The normalized spacial score (nSPS) is 16.8. The molecule has 0 aliphatic carbocycles. The van der Waals surface area contributed by atoms with Gasteiger partial charge in [-0.05, 0) is 50.5 Å². The first-order valence-corrected chi connectivity index (χ1v) is 9.48. The number of aryl methyl sites for hydroxylation is 2. The Morgan fingerprint density at radius 1 is 1.10 bits per heavy atom. The second-order valence-electron chi connectivity index (χ2n) is 7.24. The maximum Gasteiger partial charge on any atom is 0.330 e. The van der Waals surface area contributed by atoms with Crippen molar-refractivity contribution in [1.82, 2.24) is 5.32 Å². The van der Waals surface area contributed by atoms with Gasteiger partial charge in [-0.3, -0.25) is 9.59 Å². The summed E-state index contributed by atoms with van der Waals surface area (Å²) in [4.78, 5) is 36.6.